The first-order valence-electron chi connectivity index (χ1n) is 19.1. The number of rotatable bonds is 5. The minimum atomic E-state index is -0.417. The summed E-state index contributed by atoms with van der Waals surface area (Å²) < 4.78 is 31.2. The lowest BCUT2D eigenvalue weighted by molar-refractivity contribution is -0.943. The number of hydrogen-bond acceptors (Lipinski definition) is 9. The van der Waals surface area contributed by atoms with Gasteiger partial charge in [0.1, 0.15) is 18.2 Å². The quantitative estimate of drug-likeness (QED) is 0.237. The molecule has 0 bridgehead atoms. The Bertz CT molecular complexity index is 1240. The van der Waals surface area contributed by atoms with Crippen molar-refractivity contribution in [3.05, 3.63) is 0 Å². The van der Waals surface area contributed by atoms with Crippen molar-refractivity contribution in [2.24, 2.45) is 34.5 Å². The summed E-state index contributed by atoms with van der Waals surface area (Å²) in [4.78, 5) is 39.2. The summed E-state index contributed by atoms with van der Waals surface area (Å²) in [6, 6.07) is 0.452. The molecule has 7 aliphatic rings. The van der Waals surface area contributed by atoms with Gasteiger partial charge < -0.3 is 45.1 Å². The predicted octanol–water partition coefficient (Wildman–Crippen LogP) is 1.86. The first-order valence-corrected chi connectivity index (χ1v) is 19.1. The molecule has 0 N–H and O–H groups in total. The van der Waals surface area contributed by atoms with Gasteiger partial charge in [0.15, 0.2) is 11.9 Å². The standard InChI is InChI=1S/C38H61N2O8.BrH/c1-24(41)46-28-10-15-39(16-11-28)32-23-37(5)27(21-34(32)47-25(2)42)7-8-29-30(37)9-12-36(4)31(29)22-33(35(36)48-26(3)43)40(6)17-13-38(14-18-40)44-19-20-45-38;/h27-35H,7-23H2,1-6H3;1H/q+1;/p-1/t27-,29+,30-,31-,32-,33-,34-,35-,36-,37-;/m0./s1. The monoisotopic (exact) mass is 752 g/mol. The molecule has 10 atom stereocenters. The molecule has 1 spiro atoms. The van der Waals surface area contributed by atoms with Gasteiger partial charge in [0.25, 0.3) is 0 Å². The van der Waals surface area contributed by atoms with Crippen LogP contribution in [-0.2, 0) is 38.1 Å². The molecule has 7 fully saturated rings. The van der Waals surface area contributed by atoms with E-state index < -0.39 is 5.79 Å². The van der Waals surface area contributed by atoms with Crippen molar-refractivity contribution in [2.75, 3.05) is 46.4 Å². The molecule has 11 heteroatoms. The molecule has 0 aromatic carbocycles. The van der Waals surface area contributed by atoms with Crippen molar-refractivity contribution < 1.29 is 59.5 Å². The Morgan fingerprint density at radius 1 is 0.755 bits per heavy atom. The van der Waals surface area contributed by atoms with Crippen molar-refractivity contribution in [1.82, 2.24) is 4.90 Å². The molecule has 7 rings (SSSR count). The van der Waals surface area contributed by atoms with E-state index in [4.69, 9.17) is 23.7 Å². The molecular weight excluding hydrogens is 692 g/mol. The summed E-state index contributed by atoms with van der Waals surface area (Å²) in [5.41, 5.74) is 0.116. The van der Waals surface area contributed by atoms with Crippen LogP contribution in [0.2, 0.25) is 0 Å². The van der Waals surface area contributed by atoms with Gasteiger partial charge in [-0.25, -0.2) is 0 Å². The summed E-state index contributed by atoms with van der Waals surface area (Å²) in [5, 5.41) is 0. The Hall–Kier alpha value is -1.27. The zero-order valence-electron chi connectivity index (χ0n) is 30.8. The number of likely N-dealkylation sites (tertiary alicyclic amines) is 2. The van der Waals surface area contributed by atoms with Crippen molar-refractivity contribution in [3.8, 4) is 0 Å². The molecule has 0 aromatic rings. The van der Waals surface area contributed by atoms with Crippen molar-refractivity contribution in [3.63, 3.8) is 0 Å². The smallest absolute Gasteiger partial charge is 0.303 e. The first kappa shape index (κ1) is 37.5. The Balaban J connectivity index is 0.00000417. The van der Waals surface area contributed by atoms with E-state index in [1.165, 1.54) is 13.3 Å². The third-order valence-corrected chi connectivity index (χ3v) is 15.1. The minimum Gasteiger partial charge on any atom is -1.00 e. The SMILES string of the molecule is CC(=O)OC1CCN([C@H]2C[C@@]3(C)[C@@H](CC[C@@H]4[C@@H]3CC[C@@]3(C)[C@H]4C[C@H]([N+]4(C)CCC5(CC4)OCCO5)[C@@H]3OC(C)=O)C[C@@H]2OC(C)=O)CC1.[Br-]. The molecule has 0 amide bonds. The second kappa shape index (κ2) is 13.9. The highest BCUT2D eigenvalue weighted by Crippen LogP contribution is 2.68. The van der Waals surface area contributed by atoms with Crippen LogP contribution in [0.25, 0.3) is 0 Å². The minimum absolute atomic E-state index is 0. The molecule has 4 saturated carbocycles. The first-order chi connectivity index (χ1) is 22.8. The Kier molecular flexibility index (Phi) is 10.7. The lowest BCUT2D eigenvalue weighted by Gasteiger charge is -2.62. The Morgan fingerprint density at radius 2 is 1.39 bits per heavy atom. The summed E-state index contributed by atoms with van der Waals surface area (Å²) in [6.45, 7) is 14.7. The molecule has 10 nitrogen and oxygen atoms in total. The van der Waals surface area contributed by atoms with Gasteiger partial charge in [0, 0.05) is 51.7 Å². The number of likely N-dealkylation sites (N-methyl/N-ethyl adjacent to an activating group) is 1. The number of nitrogens with zero attached hydrogens (tertiary/aromatic N) is 2. The molecule has 0 radical (unpaired) electrons. The summed E-state index contributed by atoms with van der Waals surface area (Å²) in [7, 11) is 2.39. The predicted molar refractivity (Wildman–Crippen MR) is 177 cm³/mol. The van der Waals surface area contributed by atoms with Crippen LogP contribution >= 0.6 is 0 Å². The van der Waals surface area contributed by atoms with Gasteiger partial charge in [-0.2, -0.15) is 0 Å². The lowest BCUT2D eigenvalue weighted by atomic mass is 9.44. The van der Waals surface area contributed by atoms with Crippen molar-refractivity contribution in [2.45, 2.75) is 141 Å². The summed E-state index contributed by atoms with van der Waals surface area (Å²) in [5.74, 6) is 1.26. The summed E-state index contributed by atoms with van der Waals surface area (Å²) >= 11 is 0. The van der Waals surface area contributed by atoms with E-state index in [0.29, 0.717) is 36.9 Å². The number of carbonyl (C=O) groups is 3. The maximum atomic E-state index is 12.7. The van der Waals surface area contributed by atoms with Crippen LogP contribution in [0.3, 0.4) is 0 Å². The molecule has 4 aliphatic carbocycles. The normalized spacial score (nSPS) is 43.0. The molecular formula is C38H61BrN2O8. The van der Waals surface area contributed by atoms with E-state index in [-0.39, 0.29) is 76.1 Å². The Labute approximate surface area is 303 Å². The maximum Gasteiger partial charge on any atom is 0.303 e. The highest BCUT2D eigenvalue weighted by molar-refractivity contribution is 5.67. The number of hydrogen-bond donors (Lipinski definition) is 0. The Morgan fingerprint density at radius 3 is 2.00 bits per heavy atom. The van der Waals surface area contributed by atoms with Gasteiger partial charge in [0.2, 0.25) is 0 Å². The van der Waals surface area contributed by atoms with E-state index in [1.54, 1.807) is 13.8 Å². The number of halogens is 1. The summed E-state index contributed by atoms with van der Waals surface area (Å²) in [6.07, 6.45) is 10.9. The number of esters is 3. The van der Waals surface area contributed by atoms with Crippen molar-refractivity contribution >= 4 is 17.9 Å². The number of quaternary nitrogens is 1. The fraction of sp³-hybridized carbons (Fsp3) is 0.921. The molecule has 3 saturated heterocycles. The van der Waals surface area contributed by atoms with Crippen LogP contribution in [0.1, 0.15) is 105 Å². The van der Waals surface area contributed by atoms with Gasteiger partial charge in [-0.1, -0.05) is 13.8 Å². The third-order valence-electron chi connectivity index (χ3n) is 15.1. The number of carbonyl (C=O) groups excluding carboxylic acids is 3. The van der Waals surface area contributed by atoms with E-state index in [2.05, 4.69) is 25.8 Å². The van der Waals surface area contributed by atoms with Crippen LogP contribution in [0, 0.1) is 34.5 Å². The third kappa shape index (κ3) is 6.75. The van der Waals surface area contributed by atoms with E-state index >= 15 is 0 Å². The average Bonchev–Trinajstić information content (AvgIpc) is 3.61. The van der Waals surface area contributed by atoms with Gasteiger partial charge in [-0.3, -0.25) is 19.3 Å². The zero-order valence-corrected chi connectivity index (χ0v) is 32.3. The molecule has 0 unspecified atom stereocenters. The second-order valence-corrected chi connectivity index (χ2v) is 17.6. The van der Waals surface area contributed by atoms with Crippen LogP contribution in [0.4, 0.5) is 0 Å². The largest absolute Gasteiger partial charge is 1.00 e. The number of fused-ring (bicyclic) bond motifs is 5. The van der Waals surface area contributed by atoms with Gasteiger partial charge in [-0.05, 0) is 80.5 Å². The van der Waals surface area contributed by atoms with Gasteiger partial charge in [0.05, 0.1) is 46.2 Å². The van der Waals surface area contributed by atoms with Crippen LogP contribution < -0.4 is 17.0 Å². The van der Waals surface area contributed by atoms with Gasteiger partial charge >= 0.3 is 17.9 Å². The van der Waals surface area contributed by atoms with Crippen molar-refractivity contribution in [1.29, 1.82) is 0 Å². The molecule has 0 aromatic heterocycles. The van der Waals surface area contributed by atoms with E-state index in [0.717, 1.165) is 94.9 Å². The second-order valence-electron chi connectivity index (χ2n) is 17.6. The zero-order chi connectivity index (χ0) is 34.1. The highest BCUT2D eigenvalue weighted by atomic mass is 79.9. The van der Waals surface area contributed by atoms with E-state index in [9.17, 15) is 14.4 Å². The van der Waals surface area contributed by atoms with Crippen LogP contribution in [-0.4, -0.2) is 110 Å². The molecule has 278 valence electrons. The molecule has 3 aliphatic heterocycles. The topological polar surface area (TPSA) is 101 Å². The fourth-order valence-corrected chi connectivity index (χ4v) is 12.7. The maximum absolute atomic E-state index is 12.7. The van der Waals surface area contributed by atoms with Gasteiger partial charge in [-0.15, -0.1) is 0 Å². The average molecular weight is 754 g/mol. The molecule has 49 heavy (non-hydrogen) atoms. The highest BCUT2D eigenvalue weighted by Gasteiger charge is 2.68. The lowest BCUT2D eigenvalue weighted by Crippen LogP contribution is -3.00. The number of ether oxygens (including phenoxy) is 5. The van der Waals surface area contributed by atoms with Crippen LogP contribution in [0.15, 0.2) is 0 Å². The van der Waals surface area contributed by atoms with Crippen LogP contribution in [0.5, 0.6) is 0 Å². The van der Waals surface area contributed by atoms with E-state index in [1.807, 2.05) is 0 Å². The molecule has 3 heterocycles. The fourth-order valence-electron chi connectivity index (χ4n) is 12.7. The number of piperidine rings is 2.